The number of hydrogen-bond donors (Lipinski definition) is 2. The van der Waals surface area contributed by atoms with Gasteiger partial charge in [0.05, 0.1) is 6.20 Å². The van der Waals surface area contributed by atoms with Crippen LogP contribution < -0.4 is 10.6 Å². The maximum Gasteiger partial charge on any atom is 0.320 e. The molecule has 0 aliphatic heterocycles. The van der Waals surface area contributed by atoms with E-state index in [0.29, 0.717) is 5.82 Å². The molecule has 1 aromatic rings. The standard InChI is InChI=1S/C7H13N5O/c1-5(2)9-7(13)10-6-4-8-11-12(6)3/h4-5H,1-3H3,(H2,9,10,13). The molecule has 0 radical (unpaired) electrons. The molecule has 0 spiro atoms. The average molecular weight is 183 g/mol. The zero-order valence-electron chi connectivity index (χ0n) is 7.90. The van der Waals surface area contributed by atoms with Crippen LogP contribution in [0.1, 0.15) is 13.8 Å². The number of anilines is 1. The van der Waals surface area contributed by atoms with Gasteiger partial charge in [-0.3, -0.25) is 5.32 Å². The Hall–Kier alpha value is -1.59. The molecule has 6 heteroatoms. The van der Waals surface area contributed by atoms with Crippen molar-refractivity contribution in [2.24, 2.45) is 7.05 Å². The summed E-state index contributed by atoms with van der Waals surface area (Å²) in [6.07, 6.45) is 1.49. The summed E-state index contributed by atoms with van der Waals surface area (Å²) in [5, 5.41) is 12.6. The Morgan fingerprint density at radius 3 is 2.77 bits per heavy atom. The molecule has 0 saturated carbocycles. The summed E-state index contributed by atoms with van der Waals surface area (Å²) in [5.41, 5.74) is 0. The van der Waals surface area contributed by atoms with Gasteiger partial charge in [0.2, 0.25) is 0 Å². The van der Waals surface area contributed by atoms with Crippen molar-refractivity contribution in [2.75, 3.05) is 5.32 Å². The number of aromatic nitrogens is 3. The average Bonchev–Trinajstić information content (AvgIpc) is 2.34. The SMILES string of the molecule is CC(C)NC(=O)Nc1cnnn1C. The summed E-state index contributed by atoms with van der Waals surface area (Å²) in [4.78, 5) is 11.2. The highest BCUT2D eigenvalue weighted by molar-refractivity contribution is 5.88. The largest absolute Gasteiger partial charge is 0.336 e. The Kier molecular flexibility index (Phi) is 2.84. The van der Waals surface area contributed by atoms with Gasteiger partial charge in [0.25, 0.3) is 0 Å². The fraction of sp³-hybridized carbons (Fsp3) is 0.571. The number of urea groups is 1. The lowest BCUT2D eigenvalue weighted by Gasteiger charge is -2.08. The van der Waals surface area contributed by atoms with E-state index < -0.39 is 0 Å². The van der Waals surface area contributed by atoms with Crippen LogP contribution in [0.15, 0.2) is 6.20 Å². The van der Waals surface area contributed by atoms with Gasteiger partial charge in [-0.05, 0) is 13.8 Å². The van der Waals surface area contributed by atoms with Crippen LogP contribution >= 0.6 is 0 Å². The molecule has 0 unspecified atom stereocenters. The third-order valence-corrected chi connectivity index (χ3v) is 1.38. The Morgan fingerprint density at radius 1 is 1.62 bits per heavy atom. The second kappa shape index (κ2) is 3.88. The van der Waals surface area contributed by atoms with E-state index in [1.54, 1.807) is 7.05 Å². The smallest absolute Gasteiger partial charge is 0.320 e. The second-order valence-corrected chi connectivity index (χ2v) is 3.00. The van der Waals surface area contributed by atoms with Gasteiger partial charge in [0, 0.05) is 13.1 Å². The van der Waals surface area contributed by atoms with Crippen LogP contribution in [0.2, 0.25) is 0 Å². The lowest BCUT2D eigenvalue weighted by Crippen LogP contribution is -2.34. The molecule has 2 N–H and O–H groups in total. The van der Waals surface area contributed by atoms with Gasteiger partial charge in [-0.15, -0.1) is 5.10 Å². The van der Waals surface area contributed by atoms with Crippen molar-refractivity contribution >= 4 is 11.8 Å². The number of nitrogens with one attached hydrogen (secondary N) is 2. The van der Waals surface area contributed by atoms with Gasteiger partial charge >= 0.3 is 6.03 Å². The van der Waals surface area contributed by atoms with Crippen molar-refractivity contribution in [3.05, 3.63) is 6.20 Å². The molecule has 6 nitrogen and oxygen atoms in total. The van der Waals surface area contributed by atoms with E-state index in [9.17, 15) is 4.79 Å². The maximum absolute atomic E-state index is 11.2. The first-order valence-electron chi connectivity index (χ1n) is 4.02. The summed E-state index contributed by atoms with van der Waals surface area (Å²) >= 11 is 0. The molecule has 1 aromatic heterocycles. The van der Waals surface area contributed by atoms with Gasteiger partial charge < -0.3 is 5.32 Å². The van der Waals surface area contributed by atoms with E-state index in [1.807, 2.05) is 13.8 Å². The van der Waals surface area contributed by atoms with E-state index in [2.05, 4.69) is 20.9 Å². The van der Waals surface area contributed by atoms with Crippen molar-refractivity contribution < 1.29 is 4.79 Å². The van der Waals surface area contributed by atoms with Crippen molar-refractivity contribution in [1.29, 1.82) is 0 Å². The zero-order chi connectivity index (χ0) is 9.84. The van der Waals surface area contributed by atoms with E-state index >= 15 is 0 Å². The van der Waals surface area contributed by atoms with Crippen LogP contribution in [0, 0.1) is 0 Å². The predicted octanol–water partition coefficient (Wildman–Crippen LogP) is 0.345. The minimum Gasteiger partial charge on any atom is -0.336 e. The minimum atomic E-state index is -0.250. The second-order valence-electron chi connectivity index (χ2n) is 3.00. The van der Waals surface area contributed by atoms with Crippen LogP contribution in [-0.2, 0) is 7.05 Å². The summed E-state index contributed by atoms with van der Waals surface area (Å²) in [7, 11) is 1.71. The number of aryl methyl sites for hydroxylation is 1. The Balaban J connectivity index is 2.50. The molecular formula is C7H13N5O. The van der Waals surface area contributed by atoms with Gasteiger partial charge in [-0.2, -0.15) is 0 Å². The fourth-order valence-corrected chi connectivity index (χ4v) is 0.817. The highest BCUT2D eigenvalue weighted by atomic mass is 16.2. The summed E-state index contributed by atoms with van der Waals surface area (Å²) in [5.74, 6) is 0.568. The predicted molar refractivity (Wildman–Crippen MR) is 48.3 cm³/mol. The zero-order valence-corrected chi connectivity index (χ0v) is 7.90. The Labute approximate surface area is 76.3 Å². The van der Waals surface area contributed by atoms with Crippen LogP contribution in [0.5, 0.6) is 0 Å². The Morgan fingerprint density at radius 2 is 2.31 bits per heavy atom. The summed E-state index contributed by atoms with van der Waals surface area (Å²) in [6, 6.07) is -0.137. The maximum atomic E-state index is 11.2. The third-order valence-electron chi connectivity index (χ3n) is 1.38. The van der Waals surface area contributed by atoms with Crippen LogP contribution in [-0.4, -0.2) is 27.1 Å². The van der Waals surface area contributed by atoms with E-state index in [0.717, 1.165) is 0 Å². The number of carbonyl (C=O) groups is 1. The summed E-state index contributed by atoms with van der Waals surface area (Å²) < 4.78 is 1.49. The number of rotatable bonds is 2. The fourth-order valence-electron chi connectivity index (χ4n) is 0.817. The molecule has 0 saturated heterocycles. The number of carbonyl (C=O) groups excluding carboxylic acids is 1. The quantitative estimate of drug-likeness (QED) is 0.694. The van der Waals surface area contributed by atoms with Gasteiger partial charge in [-0.1, -0.05) is 5.21 Å². The molecule has 0 bridgehead atoms. The Bertz CT molecular complexity index is 293. The molecule has 0 aliphatic carbocycles. The normalized spacial score (nSPS) is 10.2. The van der Waals surface area contributed by atoms with E-state index in [1.165, 1.54) is 10.9 Å². The summed E-state index contributed by atoms with van der Waals surface area (Å²) in [6.45, 7) is 3.78. The van der Waals surface area contributed by atoms with Gasteiger partial charge in [0.1, 0.15) is 0 Å². The topological polar surface area (TPSA) is 71.8 Å². The van der Waals surface area contributed by atoms with Crippen molar-refractivity contribution in [1.82, 2.24) is 20.3 Å². The first kappa shape index (κ1) is 9.50. The first-order chi connectivity index (χ1) is 6.09. The van der Waals surface area contributed by atoms with E-state index in [-0.39, 0.29) is 12.1 Å². The lowest BCUT2D eigenvalue weighted by molar-refractivity contribution is 0.250. The van der Waals surface area contributed by atoms with Crippen LogP contribution in [0.4, 0.5) is 10.6 Å². The van der Waals surface area contributed by atoms with Crippen molar-refractivity contribution in [3.63, 3.8) is 0 Å². The molecular weight excluding hydrogens is 170 g/mol. The van der Waals surface area contributed by atoms with E-state index in [4.69, 9.17) is 0 Å². The van der Waals surface area contributed by atoms with Crippen molar-refractivity contribution in [3.8, 4) is 0 Å². The highest BCUT2D eigenvalue weighted by Crippen LogP contribution is 1.99. The number of nitrogens with zero attached hydrogens (tertiary/aromatic N) is 3. The molecule has 2 amide bonds. The molecule has 72 valence electrons. The highest BCUT2D eigenvalue weighted by Gasteiger charge is 2.05. The monoisotopic (exact) mass is 183 g/mol. The van der Waals surface area contributed by atoms with Crippen LogP contribution in [0.25, 0.3) is 0 Å². The first-order valence-corrected chi connectivity index (χ1v) is 4.02. The lowest BCUT2D eigenvalue weighted by atomic mass is 10.4. The van der Waals surface area contributed by atoms with Crippen molar-refractivity contribution in [2.45, 2.75) is 19.9 Å². The molecule has 0 aliphatic rings. The molecule has 0 aromatic carbocycles. The minimum absolute atomic E-state index is 0.112. The van der Waals surface area contributed by atoms with Crippen LogP contribution in [0.3, 0.4) is 0 Å². The molecule has 1 rings (SSSR count). The number of hydrogen-bond acceptors (Lipinski definition) is 3. The molecule has 0 fully saturated rings. The van der Waals surface area contributed by atoms with Gasteiger partial charge in [-0.25, -0.2) is 9.48 Å². The molecule has 13 heavy (non-hydrogen) atoms. The third kappa shape index (κ3) is 2.73. The van der Waals surface area contributed by atoms with Gasteiger partial charge in [0.15, 0.2) is 5.82 Å². The molecule has 1 heterocycles. The number of amides is 2. The molecule has 0 atom stereocenters.